The minimum atomic E-state index is -0.321. The van der Waals surface area contributed by atoms with Crippen molar-refractivity contribution in [1.82, 2.24) is 19.7 Å². The molecule has 3 rings (SSSR count). The molecular formula is C14H16ClN5O2S. The largest absolute Gasteiger partial charge is 0.333 e. The third kappa shape index (κ3) is 3.70. The molecule has 7 nitrogen and oxygen atoms in total. The van der Waals surface area contributed by atoms with Crippen LogP contribution in [0.3, 0.4) is 0 Å². The summed E-state index contributed by atoms with van der Waals surface area (Å²) in [6, 6.07) is 0. The van der Waals surface area contributed by atoms with Gasteiger partial charge in [-0.3, -0.25) is 14.0 Å². The summed E-state index contributed by atoms with van der Waals surface area (Å²) in [6.45, 7) is 0.657. The second-order valence-corrected chi connectivity index (χ2v) is 6.49. The molecule has 2 aromatic rings. The Hall–Kier alpha value is -1.93. The molecule has 0 spiro atoms. The number of halogens is 1. The average molecular weight is 354 g/mol. The first-order valence-corrected chi connectivity index (χ1v) is 8.61. The zero-order valence-corrected chi connectivity index (χ0v) is 13.9. The number of likely N-dealkylation sites (tertiary alicyclic amines) is 1. The number of amides is 2. The van der Waals surface area contributed by atoms with Crippen molar-refractivity contribution in [3.63, 3.8) is 0 Å². The maximum Gasteiger partial charge on any atom is 0.259 e. The number of thiazole rings is 1. The SMILES string of the molecule is O=C(CN1CCCCCC1=O)NN=Cc1c(Cl)nc2sccn12. The lowest BCUT2D eigenvalue weighted by Gasteiger charge is -2.18. The Morgan fingerprint density at radius 2 is 2.35 bits per heavy atom. The number of carbonyl (C=O) groups excluding carboxylic acids is 2. The van der Waals surface area contributed by atoms with Crippen molar-refractivity contribution in [2.45, 2.75) is 25.7 Å². The summed E-state index contributed by atoms with van der Waals surface area (Å²) in [4.78, 5) is 30.3. The number of hydrazone groups is 1. The first kappa shape index (κ1) is 15.9. The predicted octanol–water partition coefficient (Wildman–Crippen LogP) is 1.90. The predicted molar refractivity (Wildman–Crippen MR) is 88.9 cm³/mol. The number of aromatic nitrogens is 2. The van der Waals surface area contributed by atoms with Crippen LogP contribution < -0.4 is 5.43 Å². The van der Waals surface area contributed by atoms with Gasteiger partial charge in [0.1, 0.15) is 12.2 Å². The fourth-order valence-corrected chi connectivity index (χ4v) is 3.46. The van der Waals surface area contributed by atoms with Crippen LogP contribution in [0.1, 0.15) is 31.4 Å². The van der Waals surface area contributed by atoms with Gasteiger partial charge < -0.3 is 4.90 Å². The first-order valence-electron chi connectivity index (χ1n) is 7.36. The monoisotopic (exact) mass is 353 g/mol. The van der Waals surface area contributed by atoms with Gasteiger partial charge in [-0.1, -0.05) is 18.0 Å². The molecule has 0 unspecified atom stereocenters. The molecule has 2 aromatic heterocycles. The van der Waals surface area contributed by atoms with E-state index in [1.807, 2.05) is 11.6 Å². The molecule has 0 saturated carbocycles. The summed E-state index contributed by atoms with van der Waals surface area (Å²) < 4.78 is 1.79. The molecule has 122 valence electrons. The Kier molecular flexibility index (Phi) is 4.92. The Labute approximate surface area is 141 Å². The van der Waals surface area contributed by atoms with Gasteiger partial charge in [0.05, 0.1) is 6.21 Å². The van der Waals surface area contributed by atoms with Crippen molar-refractivity contribution < 1.29 is 9.59 Å². The normalized spacial score (nSPS) is 16.2. The molecule has 1 N–H and O–H groups in total. The summed E-state index contributed by atoms with van der Waals surface area (Å²) in [7, 11) is 0. The van der Waals surface area contributed by atoms with E-state index in [0.29, 0.717) is 23.8 Å². The zero-order valence-electron chi connectivity index (χ0n) is 12.4. The van der Waals surface area contributed by atoms with Crippen molar-refractivity contribution in [1.29, 1.82) is 0 Å². The van der Waals surface area contributed by atoms with Gasteiger partial charge in [0.2, 0.25) is 5.91 Å². The molecule has 3 heterocycles. The fourth-order valence-electron chi connectivity index (χ4n) is 2.47. The van der Waals surface area contributed by atoms with Crippen LogP contribution in [0.4, 0.5) is 0 Å². The Morgan fingerprint density at radius 3 is 3.22 bits per heavy atom. The Bertz CT molecular complexity index is 754. The highest BCUT2D eigenvalue weighted by Gasteiger charge is 2.18. The number of hydrogen-bond acceptors (Lipinski definition) is 5. The molecule has 1 saturated heterocycles. The van der Waals surface area contributed by atoms with Gasteiger partial charge in [-0.05, 0) is 12.8 Å². The topological polar surface area (TPSA) is 79.1 Å². The summed E-state index contributed by atoms with van der Waals surface area (Å²) in [5.74, 6) is -0.292. The highest BCUT2D eigenvalue weighted by atomic mass is 35.5. The molecule has 1 aliphatic heterocycles. The van der Waals surface area contributed by atoms with Crippen molar-refractivity contribution in [2.75, 3.05) is 13.1 Å². The van der Waals surface area contributed by atoms with Crippen LogP contribution >= 0.6 is 22.9 Å². The number of imidazole rings is 1. The maximum atomic E-state index is 11.9. The van der Waals surface area contributed by atoms with Crippen LogP contribution in [0.15, 0.2) is 16.7 Å². The molecule has 1 aliphatic rings. The van der Waals surface area contributed by atoms with Crippen LogP contribution in [-0.2, 0) is 9.59 Å². The number of fused-ring (bicyclic) bond motifs is 1. The van der Waals surface area contributed by atoms with Gasteiger partial charge in [-0.15, -0.1) is 11.3 Å². The lowest BCUT2D eigenvalue weighted by Crippen LogP contribution is -2.39. The minimum Gasteiger partial charge on any atom is -0.333 e. The molecule has 2 amide bonds. The van der Waals surface area contributed by atoms with E-state index in [1.165, 1.54) is 17.6 Å². The minimum absolute atomic E-state index is 0.0282. The summed E-state index contributed by atoms with van der Waals surface area (Å²) in [6.07, 6.45) is 6.65. The molecule has 9 heteroatoms. The molecule has 0 aromatic carbocycles. The Morgan fingerprint density at radius 1 is 1.48 bits per heavy atom. The van der Waals surface area contributed by atoms with E-state index in [-0.39, 0.29) is 18.4 Å². The smallest absolute Gasteiger partial charge is 0.259 e. The second-order valence-electron chi connectivity index (χ2n) is 5.26. The van der Waals surface area contributed by atoms with E-state index in [9.17, 15) is 9.59 Å². The quantitative estimate of drug-likeness (QED) is 0.673. The van der Waals surface area contributed by atoms with Gasteiger partial charge in [0.25, 0.3) is 5.91 Å². The van der Waals surface area contributed by atoms with E-state index < -0.39 is 0 Å². The molecule has 0 aliphatic carbocycles. The van der Waals surface area contributed by atoms with Crippen LogP contribution in [0.25, 0.3) is 4.96 Å². The molecular weight excluding hydrogens is 338 g/mol. The van der Waals surface area contributed by atoms with E-state index in [0.717, 1.165) is 24.2 Å². The third-order valence-electron chi connectivity index (χ3n) is 3.64. The van der Waals surface area contributed by atoms with Gasteiger partial charge in [-0.2, -0.15) is 5.10 Å². The number of carbonyl (C=O) groups is 2. The number of nitrogens with zero attached hydrogens (tertiary/aromatic N) is 4. The zero-order chi connectivity index (χ0) is 16.2. The van der Waals surface area contributed by atoms with Gasteiger partial charge in [0, 0.05) is 24.5 Å². The lowest BCUT2D eigenvalue weighted by molar-refractivity contribution is -0.135. The summed E-state index contributed by atoms with van der Waals surface area (Å²) in [5.41, 5.74) is 3.04. The van der Waals surface area contributed by atoms with Crippen LogP contribution in [0.5, 0.6) is 0 Å². The molecule has 23 heavy (non-hydrogen) atoms. The van der Waals surface area contributed by atoms with Gasteiger partial charge in [0.15, 0.2) is 10.1 Å². The van der Waals surface area contributed by atoms with E-state index in [2.05, 4.69) is 15.5 Å². The van der Waals surface area contributed by atoms with Crippen molar-refractivity contribution in [3.05, 3.63) is 22.4 Å². The van der Waals surface area contributed by atoms with E-state index in [1.54, 1.807) is 9.30 Å². The van der Waals surface area contributed by atoms with E-state index in [4.69, 9.17) is 11.6 Å². The highest BCUT2D eigenvalue weighted by Crippen LogP contribution is 2.19. The lowest BCUT2D eigenvalue weighted by atomic mass is 10.2. The van der Waals surface area contributed by atoms with Crippen LogP contribution in [0.2, 0.25) is 5.15 Å². The summed E-state index contributed by atoms with van der Waals surface area (Å²) in [5, 5.41) is 6.13. The van der Waals surface area contributed by atoms with Crippen LogP contribution in [-0.4, -0.2) is 45.4 Å². The molecule has 0 atom stereocenters. The number of rotatable bonds is 4. The Balaban J connectivity index is 1.59. The standard InChI is InChI=1S/C14H16ClN5O2S/c15-13-10(20-6-7-23-14(20)17-13)8-16-18-11(21)9-19-5-3-1-2-4-12(19)22/h6-8H,1-5,9H2,(H,18,21). The van der Waals surface area contributed by atoms with Gasteiger partial charge >= 0.3 is 0 Å². The second kappa shape index (κ2) is 7.10. The first-order chi connectivity index (χ1) is 11.1. The molecule has 1 fully saturated rings. The van der Waals surface area contributed by atoms with E-state index >= 15 is 0 Å². The maximum absolute atomic E-state index is 11.9. The highest BCUT2D eigenvalue weighted by molar-refractivity contribution is 7.15. The van der Waals surface area contributed by atoms with Crippen LogP contribution in [0, 0.1) is 0 Å². The van der Waals surface area contributed by atoms with Crippen molar-refractivity contribution in [3.8, 4) is 0 Å². The molecule has 0 radical (unpaired) electrons. The molecule has 0 bridgehead atoms. The average Bonchev–Trinajstić information content (AvgIpc) is 3.01. The third-order valence-corrected chi connectivity index (χ3v) is 4.67. The number of hydrogen-bond donors (Lipinski definition) is 1. The summed E-state index contributed by atoms with van der Waals surface area (Å²) >= 11 is 7.50. The van der Waals surface area contributed by atoms with Crippen molar-refractivity contribution in [2.24, 2.45) is 5.10 Å². The number of nitrogens with one attached hydrogen (secondary N) is 1. The fraction of sp³-hybridized carbons (Fsp3) is 0.429. The van der Waals surface area contributed by atoms with Gasteiger partial charge in [-0.25, -0.2) is 10.4 Å². The van der Waals surface area contributed by atoms with Crippen molar-refractivity contribution >= 4 is 45.9 Å².